The van der Waals surface area contributed by atoms with Gasteiger partial charge >= 0.3 is 5.97 Å². The molecule has 0 radical (unpaired) electrons. The molecule has 1 atom stereocenters. The molecular weight excluding hydrogens is 422 g/mol. The van der Waals surface area contributed by atoms with Crippen molar-refractivity contribution >= 4 is 28.3 Å². The van der Waals surface area contributed by atoms with Crippen LogP contribution in [0.5, 0.6) is 0 Å². The second-order valence-corrected chi connectivity index (χ2v) is 9.23. The van der Waals surface area contributed by atoms with Crippen molar-refractivity contribution in [2.75, 3.05) is 18.5 Å². The highest BCUT2D eigenvalue weighted by molar-refractivity contribution is 7.15. The maximum absolute atomic E-state index is 12.5. The Morgan fingerprint density at radius 1 is 1.28 bits per heavy atom. The number of hydrogen-bond acceptors (Lipinski definition) is 8. The molecule has 2 aromatic heterocycles. The van der Waals surface area contributed by atoms with Crippen LogP contribution in [0, 0.1) is 6.92 Å². The van der Waals surface area contributed by atoms with E-state index in [-0.39, 0.29) is 6.61 Å². The van der Waals surface area contributed by atoms with Crippen molar-refractivity contribution in [3.8, 4) is 11.4 Å². The van der Waals surface area contributed by atoms with Crippen molar-refractivity contribution in [3.05, 3.63) is 52.7 Å². The summed E-state index contributed by atoms with van der Waals surface area (Å²) in [7, 11) is 0. The molecule has 1 aliphatic heterocycles. The van der Waals surface area contributed by atoms with Gasteiger partial charge in [-0.25, -0.2) is 19.7 Å². The second-order valence-electron chi connectivity index (χ2n) is 8.12. The van der Waals surface area contributed by atoms with Crippen LogP contribution in [0.25, 0.3) is 11.4 Å². The molecule has 3 aromatic rings. The summed E-state index contributed by atoms with van der Waals surface area (Å²) in [5, 5.41) is 3.94. The lowest BCUT2D eigenvalue weighted by molar-refractivity contribution is 0.0526. The minimum absolute atomic E-state index is 0.285. The van der Waals surface area contributed by atoms with Gasteiger partial charge in [-0.3, -0.25) is 4.90 Å². The third kappa shape index (κ3) is 5.31. The fraction of sp³-hybridized carbons (Fsp3) is 0.417. The van der Waals surface area contributed by atoms with Gasteiger partial charge in [0, 0.05) is 35.4 Å². The third-order valence-electron chi connectivity index (χ3n) is 5.64. The largest absolute Gasteiger partial charge is 0.462 e. The average molecular weight is 452 g/mol. The Labute approximate surface area is 192 Å². The Bertz CT molecular complexity index is 1080. The zero-order chi connectivity index (χ0) is 22.5. The number of thiazole rings is 1. The van der Waals surface area contributed by atoms with Gasteiger partial charge in [-0.1, -0.05) is 30.2 Å². The Kier molecular flexibility index (Phi) is 7.12. The minimum atomic E-state index is -0.454. The highest BCUT2D eigenvalue weighted by Crippen LogP contribution is 2.28. The molecule has 0 saturated carbocycles. The average Bonchev–Trinajstić information content (AvgIpc) is 3.22. The molecule has 1 saturated heterocycles. The number of nitrogens with zero attached hydrogens (tertiary/aromatic N) is 4. The van der Waals surface area contributed by atoms with E-state index < -0.39 is 5.97 Å². The van der Waals surface area contributed by atoms with E-state index in [1.165, 1.54) is 30.3 Å². The summed E-state index contributed by atoms with van der Waals surface area (Å²) in [4.78, 5) is 29.8. The summed E-state index contributed by atoms with van der Waals surface area (Å²) in [5.74, 6) is 0.495. The molecule has 0 aliphatic carbocycles. The Balaban J connectivity index is 1.59. The number of rotatable bonds is 7. The molecule has 168 valence electrons. The van der Waals surface area contributed by atoms with Crippen molar-refractivity contribution < 1.29 is 9.53 Å². The number of aryl methyl sites for hydroxylation is 1. The van der Waals surface area contributed by atoms with Crippen LogP contribution in [0.2, 0.25) is 0 Å². The van der Waals surface area contributed by atoms with Gasteiger partial charge in [0.15, 0.2) is 16.8 Å². The molecule has 1 unspecified atom stereocenters. The molecule has 1 N–H and O–H groups in total. The molecule has 0 bridgehead atoms. The lowest BCUT2D eigenvalue weighted by Gasteiger charge is -2.32. The number of piperidine rings is 1. The predicted molar refractivity (Wildman–Crippen MR) is 127 cm³/mol. The van der Waals surface area contributed by atoms with Crippen LogP contribution in [0.4, 0.5) is 10.9 Å². The topological polar surface area (TPSA) is 80.2 Å². The van der Waals surface area contributed by atoms with Gasteiger partial charge in [-0.15, -0.1) is 11.3 Å². The number of anilines is 2. The van der Waals surface area contributed by atoms with Crippen LogP contribution in [0.3, 0.4) is 0 Å². The molecule has 1 fully saturated rings. The molecule has 32 heavy (non-hydrogen) atoms. The maximum Gasteiger partial charge on any atom is 0.343 e. The van der Waals surface area contributed by atoms with Crippen LogP contribution in [-0.4, -0.2) is 45.0 Å². The van der Waals surface area contributed by atoms with Crippen molar-refractivity contribution in [3.63, 3.8) is 0 Å². The normalized spacial score (nSPS) is 16.7. The van der Waals surface area contributed by atoms with Gasteiger partial charge in [-0.2, -0.15) is 0 Å². The summed E-state index contributed by atoms with van der Waals surface area (Å²) < 4.78 is 5.21. The molecule has 7 nitrogen and oxygen atoms in total. The summed E-state index contributed by atoms with van der Waals surface area (Å²) in [6.07, 6.45) is 7.23. The summed E-state index contributed by atoms with van der Waals surface area (Å²) in [6.45, 7) is 8.40. The van der Waals surface area contributed by atoms with Crippen LogP contribution in [0.15, 0.2) is 36.7 Å². The highest BCUT2D eigenvalue weighted by Gasteiger charge is 2.21. The summed E-state index contributed by atoms with van der Waals surface area (Å²) in [6, 6.07) is 8.56. The number of hydrogen-bond donors (Lipinski definition) is 1. The fourth-order valence-electron chi connectivity index (χ4n) is 3.89. The lowest BCUT2D eigenvalue weighted by atomic mass is 10.0. The molecule has 0 spiro atoms. The molecule has 1 aromatic carbocycles. The maximum atomic E-state index is 12.5. The molecular formula is C24H29N5O2S. The monoisotopic (exact) mass is 451 g/mol. The van der Waals surface area contributed by atoms with Gasteiger partial charge in [0.2, 0.25) is 0 Å². The first-order valence-electron chi connectivity index (χ1n) is 11.1. The van der Waals surface area contributed by atoms with E-state index in [2.05, 4.69) is 32.1 Å². The number of carbonyl (C=O) groups excluding carboxylic acids is 1. The van der Waals surface area contributed by atoms with Gasteiger partial charge in [0.1, 0.15) is 5.56 Å². The summed E-state index contributed by atoms with van der Waals surface area (Å²) >= 11 is 1.58. The van der Waals surface area contributed by atoms with Gasteiger partial charge in [0.25, 0.3) is 0 Å². The van der Waals surface area contributed by atoms with Crippen molar-refractivity contribution in [1.82, 2.24) is 19.9 Å². The number of ether oxygens (including phenoxy) is 1. The van der Waals surface area contributed by atoms with E-state index in [1.54, 1.807) is 18.3 Å². The van der Waals surface area contributed by atoms with Crippen LogP contribution in [0.1, 0.15) is 53.9 Å². The smallest absolute Gasteiger partial charge is 0.343 e. The van der Waals surface area contributed by atoms with Crippen molar-refractivity contribution in [2.24, 2.45) is 0 Å². The first-order chi connectivity index (χ1) is 15.5. The number of carbonyl (C=O) groups is 1. The van der Waals surface area contributed by atoms with Gasteiger partial charge < -0.3 is 10.1 Å². The minimum Gasteiger partial charge on any atom is -0.462 e. The van der Waals surface area contributed by atoms with E-state index in [4.69, 9.17) is 4.74 Å². The quantitative estimate of drug-likeness (QED) is 0.494. The Morgan fingerprint density at radius 3 is 2.94 bits per heavy atom. The highest BCUT2D eigenvalue weighted by atomic mass is 32.1. The van der Waals surface area contributed by atoms with Crippen LogP contribution < -0.4 is 5.32 Å². The molecule has 1 aliphatic rings. The first-order valence-corrected chi connectivity index (χ1v) is 11.9. The second kappa shape index (κ2) is 10.2. The van der Waals surface area contributed by atoms with Crippen molar-refractivity contribution in [1.29, 1.82) is 0 Å². The standard InChI is InChI=1S/C24H29N5O2S/c1-4-31-23(30)20-14-25-21(18-10-7-8-16(2)12-18)27-22(20)28-24-26-13-19(32-24)15-29-11-6-5-9-17(29)3/h7-8,10,12-14,17H,4-6,9,11,15H2,1-3H3,(H,25,26,27,28). The molecule has 4 rings (SSSR count). The summed E-state index contributed by atoms with van der Waals surface area (Å²) in [5.41, 5.74) is 2.30. The first kappa shape index (κ1) is 22.4. The Hall–Kier alpha value is -2.84. The fourth-order valence-corrected chi connectivity index (χ4v) is 4.73. The number of likely N-dealkylation sites (tertiary alicyclic amines) is 1. The third-order valence-corrected chi connectivity index (χ3v) is 6.54. The zero-order valence-corrected chi connectivity index (χ0v) is 19.6. The van der Waals surface area contributed by atoms with E-state index in [1.807, 2.05) is 37.4 Å². The van der Waals surface area contributed by atoms with Crippen LogP contribution in [-0.2, 0) is 11.3 Å². The van der Waals surface area contributed by atoms with Gasteiger partial charge in [0.05, 0.1) is 6.61 Å². The van der Waals surface area contributed by atoms with E-state index >= 15 is 0 Å². The number of benzene rings is 1. The van der Waals surface area contributed by atoms with E-state index in [0.717, 1.165) is 24.2 Å². The SMILES string of the molecule is CCOC(=O)c1cnc(-c2cccc(C)c2)nc1Nc1ncc(CN2CCCCC2C)s1. The van der Waals surface area contributed by atoms with E-state index in [0.29, 0.717) is 28.4 Å². The molecule has 8 heteroatoms. The predicted octanol–water partition coefficient (Wildman–Crippen LogP) is 5.20. The van der Waals surface area contributed by atoms with E-state index in [9.17, 15) is 4.79 Å². The number of aromatic nitrogens is 3. The van der Waals surface area contributed by atoms with Gasteiger partial charge in [-0.05, 0) is 46.2 Å². The number of esters is 1. The molecule has 3 heterocycles. The van der Waals surface area contributed by atoms with Crippen molar-refractivity contribution in [2.45, 2.75) is 52.6 Å². The Morgan fingerprint density at radius 2 is 2.16 bits per heavy atom. The molecule has 0 amide bonds. The zero-order valence-electron chi connectivity index (χ0n) is 18.8. The lowest BCUT2D eigenvalue weighted by Crippen LogP contribution is -2.36. The number of nitrogens with one attached hydrogen (secondary N) is 1. The van der Waals surface area contributed by atoms with Crippen LogP contribution >= 0.6 is 11.3 Å².